The zero-order valence-electron chi connectivity index (χ0n) is 17.1. The lowest BCUT2D eigenvalue weighted by atomic mass is 10.0. The van der Waals surface area contributed by atoms with Gasteiger partial charge >= 0.3 is 6.03 Å². The van der Waals surface area contributed by atoms with Crippen LogP contribution in [0.2, 0.25) is 0 Å². The Hall–Kier alpha value is -3.13. The smallest absolute Gasteiger partial charge is 0.315 e. The number of carbonyl (C=O) groups excluding carboxylic acids is 2. The Morgan fingerprint density at radius 1 is 1.16 bits per heavy atom. The first-order chi connectivity index (χ1) is 15.1. The van der Waals surface area contributed by atoms with E-state index in [2.05, 4.69) is 36.5 Å². The molecule has 0 radical (unpaired) electrons. The Labute approximate surface area is 189 Å². The van der Waals surface area contributed by atoms with Gasteiger partial charge in [-0.3, -0.25) is 4.79 Å². The van der Waals surface area contributed by atoms with E-state index in [1.54, 1.807) is 6.20 Å². The lowest BCUT2D eigenvalue weighted by Crippen LogP contribution is -2.45. The number of nitrogens with zero attached hydrogens (tertiary/aromatic N) is 2. The number of urea groups is 1. The second-order valence-electron chi connectivity index (χ2n) is 7.45. The molecule has 0 aliphatic carbocycles. The number of rotatable bonds is 5. The maximum absolute atomic E-state index is 13.5. The molecule has 2 atom stereocenters. The summed E-state index contributed by atoms with van der Waals surface area (Å²) in [6, 6.07) is 16.0. The summed E-state index contributed by atoms with van der Waals surface area (Å²) in [6.07, 6.45) is 3.50. The van der Waals surface area contributed by atoms with Crippen molar-refractivity contribution in [3.05, 3.63) is 76.7 Å². The number of benzene rings is 2. The fraction of sp³-hybridized carbons (Fsp3) is 0.261. The molecule has 3 N–H and O–H groups in total. The minimum absolute atomic E-state index is 0.140. The molecular formula is C23H24BrN5O2. The van der Waals surface area contributed by atoms with E-state index < -0.39 is 12.1 Å². The van der Waals surface area contributed by atoms with Crippen LogP contribution in [0.25, 0.3) is 11.3 Å². The summed E-state index contributed by atoms with van der Waals surface area (Å²) in [7, 11) is 1.53. The van der Waals surface area contributed by atoms with Gasteiger partial charge in [0.15, 0.2) is 0 Å². The van der Waals surface area contributed by atoms with Crippen molar-refractivity contribution in [2.24, 2.45) is 0 Å². The summed E-state index contributed by atoms with van der Waals surface area (Å²) in [6.45, 7) is 0.622. The van der Waals surface area contributed by atoms with Crippen LogP contribution in [0.4, 0.5) is 4.79 Å². The van der Waals surface area contributed by atoms with Gasteiger partial charge < -0.3 is 20.5 Å². The molecule has 3 amide bonds. The third kappa shape index (κ3) is 4.64. The van der Waals surface area contributed by atoms with E-state index in [1.165, 1.54) is 7.05 Å². The summed E-state index contributed by atoms with van der Waals surface area (Å²) < 4.78 is 1.01. The lowest BCUT2D eigenvalue weighted by Gasteiger charge is -2.28. The van der Waals surface area contributed by atoms with Crippen molar-refractivity contribution in [1.82, 2.24) is 25.5 Å². The number of hydrogen-bond donors (Lipinski definition) is 3. The first-order valence-corrected chi connectivity index (χ1v) is 11.0. The van der Waals surface area contributed by atoms with Crippen LogP contribution in [0.1, 0.15) is 36.3 Å². The SMILES string of the molecule is CNC(=O)NC(C(=O)N1CCCC1c1ncc(-c2ccc(Br)cc2)[nH]1)c1ccccc1. The van der Waals surface area contributed by atoms with Crippen molar-refractivity contribution < 1.29 is 9.59 Å². The Morgan fingerprint density at radius 2 is 1.90 bits per heavy atom. The maximum atomic E-state index is 13.5. The maximum Gasteiger partial charge on any atom is 0.315 e. The van der Waals surface area contributed by atoms with Crippen LogP contribution in [0.15, 0.2) is 65.3 Å². The molecule has 4 rings (SSSR count). The normalized spacial score (nSPS) is 16.7. The van der Waals surface area contributed by atoms with E-state index in [0.29, 0.717) is 6.54 Å². The molecule has 0 saturated carbocycles. The summed E-state index contributed by atoms with van der Waals surface area (Å²) in [5.41, 5.74) is 2.68. The molecule has 0 bridgehead atoms. The van der Waals surface area contributed by atoms with E-state index in [4.69, 9.17) is 0 Å². The van der Waals surface area contributed by atoms with Crippen molar-refractivity contribution in [1.29, 1.82) is 0 Å². The highest BCUT2D eigenvalue weighted by atomic mass is 79.9. The zero-order chi connectivity index (χ0) is 21.8. The molecule has 160 valence electrons. The largest absolute Gasteiger partial charge is 0.341 e. The van der Waals surface area contributed by atoms with Gasteiger partial charge in [-0.05, 0) is 36.1 Å². The Morgan fingerprint density at radius 3 is 2.61 bits per heavy atom. The number of H-pyrrole nitrogens is 1. The Balaban J connectivity index is 1.58. The van der Waals surface area contributed by atoms with Gasteiger partial charge in [0.1, 0.15) is 11.9 Å². The molecule has 3 aromatic rings. The molecule has 0 spiro atoms. The summed E-state index contributed by atoms with van der Waals surface area (Å²) >= 11 is 3.45. The first kappa shape index (κ1) is 21.1. The topological polar surface area (TPSA) is 90.1 Å². The van der Waals surface area contributed by atoms with Gasteiger partial charge in [-0.2, -0.15) is 0 Å². The zero-order valence-corrected chi connectivity index (χ0v) is 18.7. The van der Waals surface area contributed by atoms with Crippen LogP contribution in [-0.2, 0) is 4.79 Å². The number of nitrogens with one attached hydrogen (secondary N) is 3. The number of likely N-dealkylation sites (tertiary alicyclic amines) is 1. The Bertz CT molecular complexity index is 1050. The third-order valence-electron chi connectivity index (χ3n) is 5.48. The minimum Gasteiger partial charge on any atom is -0.341 e. The lowest BCUT2D eigenvalue weighted by molar-refractivity contribution is -0.134. The highest BCUT2D eigenvalue weighted by Crippen LogP contribution is 2.34. The predicted octanol–water partition coefficient (Wildman–Crippen LogP) is 4.17. The van der Waals surface area contributed by atoms with Crippen LogP contribution in [0, 0.1) is 0 Å². The molecule has 1 aliphatic rings. The average molecular weight is 482 g/mol. The van der Waals surface area contributed by atoms with Crippen LogP contribution in [-0.4, -0.2) is 40.4 Å². The van der Waals surface area contributed by atoms with Crippen LogP contribution >= 0.6 is 15.9 Å². The quantitative estimate of drug-likeness (QED) is 0.510. The molecular weight excluding hydrogens is 458 g/mol. The summed E-state index contributed by atoms with van der Waals surface area (Å²) in [4.78, 5) is 35.3. The van der Waals surface area contributed by atoms with Crippen LogP contribution in [0.5, 0.6) is 0 Å². The standard InChI is InChI=1S/C23H24BrN5O2/c1-25-23(31)28-20(16-6-3-2-4-7-16)22(30)29-13-5-8-19(29)21-26-14-18(27-21)15-9-11-17(24)12-10-15/h2-4,6-7,9-12,14,19-20H,5,8,13H2,1H3,(H,26,27)(H2,25,28,31). The van der Waals surface area contributed by atoms with Crippen LogP contribution < -0.4 is 10.6 Å². The number of amides is 3. The number of aromatic amines is 1. The minimum atomic E-state index is -0.761. The number of aromatic nitrogens is 2. The Kier molecular flexibility index (Phi) is 6.36. The predicted molar refractivity (Wildman–Crippen MR) is 122 cm³/mol. The van der Waals surface area contributed by atoms with Gasteiger partial charge in [0.2, 0.25) is 5.91 Å². The van der Waals surface area contributed by atoms with E-state index in [9.17, 15) is 9.59 Å². The summed E-state index contributed by atoms with van der Waals surface area (Å²) in [5, 5.41) is 5.33. The number of hydrogen-bond acceptors (Lipinski definition) is 3. The van der Waals surface area contributed by atoms with Gasteiger partial charge in [-0.25, -0.2) is 9.78 Å². The fourth-order valence-electron chi connectivity index (χ4n) is 3.90. The molecule has 1 saturated heterocycles. The highest BCUT2D eigenvalue weighted by molar-refractivity contribution is 9.10. The van der Waals surface area contributed by atoms with Gasteiger partial charge in [-0.15, -0.1) is 0 Å². The fourth-order valence-corrected chi connectivity index (χ4v) is 4.16. The van der Waals surface area contributed by atoms with Gasteiger partial charge in [0.25, 0.3) is 0 Å². The molecule has 7 nitrogen and oxygen atoms in total. The highest BCUT2D eigenvalue weighted by Gasteiger charge is 2.36. The van der Waals surface area contributed by atoms with E-state index in [0.717, 1.165) is 40.0 Å². The van der Waals surface area contributed by atoms with Gasteiger partial charge in [-0.1, -0.05) is 58.4 Å². The van der Waals surface area contributed by atoms with Gasteiger partial charge in [0.05, 0.1) is 17.9 Å². The van der Waals surface area contributed by atoms with Gasteiger partial charge in [0, 0.05) is 18.1 Å². The first-order valence-electron chi connectivity index (χ1n) is 10.2. The number of imidazole rings is 1. The number of halogens is 1. The molecule has 1 aromatic heterocycles. The van der Waals surface area contributed by atoms with E-state index in [1.807, 2.05) is 59.5 Å². The molecule has 31 heavy (non-hydrogen) atoms. The van der Waals surface area contributed by atoms with Crippen molar-refractivity contribution in [3.63, 3.8) is 0 Å². The molecule has 2 unspecified atom stereocenters. The van der Waals surface area contributed by atoms with Crippen molar-refractivity contribution in [2.75, 3.05) is 13.6 Å². The monoisotopic (exact) mass is 481 g/mol. The molecule has 1 fully saturated rings. The molecule has 2 heterocycles. The molecule has 8 heteroatoms. The van der Waals surface area contributed by atoms with E-state index >= 15 is 0 Å². The molecule has 1 aliphatic heterocycles. The average Bonchev–Trinajstić information content (AvgIpc) is 3.47. The number of carbonyl (C=O) groups is 2. The molecule has 2 aromatic carbocycles. The van der Waals surface area contributed by atoms with E-state index in [-0.39, 0.29) is 11.9 Å². The van der Waals surface area contributed by atoms with Crippen molar-refractivity contribution >= 4 is 27.9 Å². The summed E-state index contributed by atoms with van der Waals surface area (Å²) in [5.74, 6) is 0.620. The third-order valence-corrected chi connectivity index (χ3v) is 6.01. The second kappa shape index (κ2) is 9.34. The second-order valence-corrected chi connectivity index (χ2v) is 8.36. The van der Waals surface area contributed by atoms with Crippen molar-refractivity contribution in [3.8, 4) is 11.3 Å². The van der Waals surface area contributed by atoms with Crippen LogP contribution in [0.3, 0.4) is 0 Å². The van der Waals surface area contributed by atoms with Crippen molar-refractivity contribution in [2.45, 2.75) is 24.9 Å².